The van der Waals surface area contributed by atoms with Crippen LogP contribution < -0.4 is 5.73 Å². The molecule has 1 aromatic heterocycles. The van der Waals surface area contributed by atoms with Gasteiger partial charge in [-0.2, -0.15) is 0 Å². The van der Waals surface area contributed by atoms with Crippen molar-refractivity contribution in [2.45, 2.75) is 13.3 Å². The van der Waals surface area contributed by atoms with Gasteiger partial charge in [-0.1, -0.05) is 13.0 Å². The van der Waals surface area contributed by atoms with Crippen molar-refractivity contribution in [1.82, 2.24) is 0 Å². The fourth-order valence-electron chi connectivity index (χ4n) is 1.39. The van der Waals surface area contributed by atoms with Crippen molar-refractivity contribution >= 4 is 26.4 Å². The van der Waals surface area contributed by atoms with Gasteiger partial charge in [0.1, 0.15) is 5.82 Å². The van der Waals surface area contributed by atoms with E-state index in [1.807, 2.05) is 19.1 Å². The van der Waals surface area contributed by atoms with Gasteiger partial charge in [0.15, 0.2) is 0 Å². The van der Waals surface area contributed by atoms with Crippen LogP contribution in [-0.2, 0) is 6.42 Å². The van der Waals surface area contributed by atoms with Crippen LogP contribution in [0, 0.1) is 5.82 Å². The van der Waals surface area contributed by atoms with E-state index in [-0.39, 0.29) is 5.82 Å². The van der Waals surface area contributed by atoms with Crippen LogP contribution in [0.1, 0.15) is 12.5 Å². The first-order chi connectivity index (χ1) is 6.20. The second kappa shape index (κ2) is 3.00. The van der Waals surface area contributed by atoms with E-state index in [2.05, 4.69) is 0 Å². The standard InChI is InChI=1S/C10H10FNS/c1-2-6-3-7-5-9(12)13-10(7)8(11)4-6/h3-5H,2,12H2,1H3. The zero-order valence-electron chi connectivity index (χ0n) is 7.30. The topological polar surface area (TPSA) is 26.0 Å². The summed E-state index contributed by atoms with van der Waals surface area (Å²) >= 11 is 1.30. The summed E-state index contributed by atoms with van der Waals surface area (Å²) in [5.41, 5.74) is 6.62. The maximum Gasteiger partial charge on any atom is 0.141 e. The predicted octanol–water partition coefficient (Wildman–Crippen LogP) is 3.19. The number of hydrogen-bond donors (Lipinski definition) is 1. The van der Waals surface area contributed by atoms with Crippen LogP contribution in [0.5, 0.6) is 0 Å². The lowest BCUT2D eigenvalue weighted by atomic mass is 10.1. The quantitative estimate of drug-likeness (QED) is 0.743. The van der Waals surface area contributed by atoms with E-state index in [0.29, 0.717) is 9.70 Å². The summed E-state index contributed by atoms with van der Waals surface area (Å²) in [4.78, 5) is 0. The third-order valence-electron chi connectivity index (χ3n) is 2.06. The van der Waals surface area contributed by atoms with Gasteiger partial charge in [0, 0.05) is 0 Å². The molecule has 0 fully saturated rings. The highest BCUT2D eigenvalue weighted by molar-refractivity contribution is 7.22. The van der Waals surface area contributed by atoms with Crippen LogP contribution in [0.25, 0.3) is 10.1 Å². The molecule has 0 aliphatic rings. The zero-order chi connectivity index (χ0) is 9.42. The normalized spacial score (nSPS) is 10.9. The predicted molar refractivity (Wildman–Crippen MR) is 55.6 cm³/mol. The van der Waals surface area contributed by atoms with Gasteiger partial charge < -0.3 is 5.73 Å². The number of nitrogen functional groups attached to an aromatic ring is 1. The molecular formula is C10H10FNS. The lowest BCUT2D eigenvalue weighted by Crippen LogP contribution is -1.82. The maximum absolute atomic E-state index is 13.4. The molecule has 0 amide bonds. The van der Waals surface area contributed by atoms with E-state index < -0.39 is 0 Å². The molecule has 2 aromatic rings. The smallest absolute Gasteiger partial charge is 0.141 e. The number of thiophene rings is 1. The summed E-state index contributed by atoms with van der Waals surface area (Å²) in [6.45, 7) is 2.01. The van der Waals surface area contributed by atoms with E-state index in [4.69, 9.17) is 5.73 Å². The molecule has 13 heavy (non-hydrogen) atoms. The lowest BCUT2D eigenvalue weighted by Gasteiger charge is -1.97. The van der Waals surface area contributed by atoms with E-state index >= 15 is 0 Å². The van der Waals surface area contributed by atoms with Crippen molar-refractivity contribution in [3.8, 4) is 0 Å². The van der Waals surface area contributed by atoms with Crippen LogP contribution in [0.4, 0.5) is 9.39 Å². The van der Waals surface area contributed by atoms with Gasteiger partial charge in [0.05, 0.1) is 9.70 Å². The lowest BCUT2D eigenvalue weighted by molar-refractivity contribution is 0.640. The Hall–Kier alpha value is -1.09. The van der Waals surface area contributed by atoms with Crippen molar-refractivity contribution in [3.63, 3.8) is 0 Å². The Morgan fingerprint density at radius 1 is 1.38 bits per heavy atom. The SMILES string of the molecule is CCc1cc(F)c2sc(N)cc2c1. The molecule has 0 radical (unpaired) electrons. The van der Waals surface area contributed by atoms with E-state index in [0.717, 1.165) is 17.4 Å². The first-order valence-electron chi connectivity index (χ1n) is 4.18. The molecule has 68 valence electrons. The molecule has 1 aromatic carbocycles. The molecule has 0 saturated carbocycles. The van der Waals surface area contributed by atoms with Crippen LogP contribution in [0.15, 0.2) is 18.2 Å². The van der Waals surface area contributed by atoms with Gasteiger partial charge in [0.2, 0.25) is 0 Å². The number of rotatable bonds is 1. The fourth-order valence-corrected chi connectivity index (χ4v) is 2.21. The number of fused-ring (bicyclic) bond motifs is 1. The summed E-state index contributed by atoms with van der Waals surface area (Å²) in [5, 5.41) is 1.58. The monoisotopic (exact) mass is 195 g/mol. The molecule has 0 spiro atoms. The second-order valence-corrected chi connectivity index (χ2v) is 4.08. The van der Waals surface area contributed by atoms with Crippen molar-refractivity contribution < 1.29 is 4.39 Å². The molecule has 0 saturated heterocycles. The van der Waals surface area contributed by atoms with Gasteiger partial charge in [-0.25, -0.2) is 4.39 Å². The summed E-state index contributed by atoms with van der Waals surface area (Å²) in [5.74, 6) is -0.156. The summed E-state index contributed by atoms with van der Waals surface area (Å²) in [6, 6.07) is 5.39. The minimum atomic E-state index is -0.156. The Labute approximate surface area is 80.0 Å². The van der Waals surface area contributed by atoms with Crippen LogP contribution in [-0.4, -0.2) is 0 Å². The zero-order valence-corrected chi connectivity index (χ0v) is 8.12. The van der Waals surface area contributed by atoms with E-state index in [1.165, 1.54) is 11.3 Å². The Morgan fingerprint density at radius 2 is 2.15 bits per heavy atom. The summed E-state index contributed by atoms with van der Waals surface area (Å²) in [6.07, 6.45) is 0.850. The molecule has 0 aliphatic heterocycles. The Morgan fingerprint density at radius 3 is 2.85 bits per heavy atom. The van der Waals surface area contributed by atoms with Crippen LogP contribution in [0.3, 0.4) is 0 Å². The number of hydrogen-bond acceptors (Lipinski definition) is 2. The highest BCUT2D eigenvalue weighted by atomic mass is 32.1. The van der Waals surface area contributed by atoms with Crippen molar-refractivity contribution in [2.24, 2.45) is 0 Å². The fraction of sp³-hybridized carbons (Fsp3) is 0.200. The Balaban J connectivity index is 2.75. The molecule has 3 heteroatoms. The van der Waals surface area contributed by atoms with Gasteiger partial charge in [-0.3, -0.25) is 0 Å². The maximum atomic E-state index is 13.4. The van der Waals surface area contributed by atoms with Gasteiger partial charge in [-0.15, -0.1) is 11.3 Å². The number of benzene rings is 1. The number of nitrogens with two attached hydrogens (primary N) is 1. The van der Waals surface area contributed by atoms with E-state index in [1.54, 1.807) is 6.07 Å². The molecule has 2 rings (SSSR count). The molecule has 0 aliphatic carbocycles. The average Bonchev–Trinajstić information content (AvgIpc) is 2.46. The minimum absolute atomic E-state index is 0.156. The molecule has 0 atom stereocenters. The van der Waals surface area contributed by atoms with Gasteiger partial charge in [0.25, 0.3) is 0 Å². The third-order valence-corrected chi connectivity index (χ3v) is 3.05. The molecule has 0 bridgehead atoms. The first-order valence-corrected chi connectivity index (χ1v) is 5.00. The van der Waals surface area contributed by atoms with Crippen molar-refractivity contribution in [2.75, 3.05) is 5.73 Å². The highest BCUT2D eigenvalue weighted by Gasteiger charge is 2.05. The molecule has 1 heterocycles. The average molecular weight is 195 g/mol. The van der Waals surface area contributed by atoms with Crippen molar-refractivity contribution in [1.29, 1.82) is 0 Å². The van der Waals surface area contributed by atoms with Gasteiger partial charge in [-0.05, 0) is 29.5 Å². The molecule has 1 nitrogen and oxygen atoms in total. The molecular weight excluding hydrogens is 185 g/mol. The highest BCUT2D eigenvalue weighted by Crippen LogP contribution is 2.30. The largest absolute Gasteiger partial charge is 0.391 e. The van der Waals surface area contributed by atoms with Crippen LogP contribution >= 0.6 is 11.3 Å². The Bertz CT molecular complexity index is 447. The number of anilines is 1. The minimum Gasteiger partial charge on any atom is -0.391 e. The second-order valence-electron chi connectivity index (χ2n) is 3.00. The first kappa shape index (κ1) is 8.51. The van der Waals surface area contributed by atoms with Gasteiger partial charge >= 0.3 is 0 Å². The number of aryl methyl sites for hydroxylation is 1. The third kappa shape index (κ3) is 1.40. The Kier molecular flexibility index (Phi) is 1.96. The van der Waals surface area contributed by atoms with Crippen LogP contribution in [0.2, 0.25) is 0 Å². The number of halogens is 1. The summed E-state index contributed by atoms with van der Waals surface area (Å²) in [7, 11) is 0. The van der Waals surface area contributed by atoms with Crippen molar-refractivity contribution in [3.05, 3.63) is 29.6 Å². The van der Waals surface area contributed by atoms with E-state index in [9.17, 15) is 4.39 Å². The summed E-state index contributed by atoms with van der Waals surface area (Å²) < 4.78 is 14.1. The molecule has 0 unspecified atom stereocenters. The molecule has 2 N–H and O–H groups in total.